The molecule has 4 nitrogen and oxygen atoms in total. The summed E-state index contributed by atoms with van der Waals surface area (Å²) in [5.74, 6) is 0.698. The number of aryl methyl sites for hydroxylation is 2. The molecule has 0 radical (unpaired) electrons. The Hall–Kier alpha value is -1.97. The average Bonchev–Trinajstić information content (AvgIpc) is 2.28. The first-order chi connectivity index (χ1) is 7.69. The van der Waals surface area contributed by atoms with Crippen molar-refractivity contribution in [2.75, 3.05) is 0 Å². The molecule has 2 heterocycles. The van der Waals surface area contributed by atoms with Gasteiger partial charge < -0.3 is 4.98 Å². The van der Waals surface area contributed by atoms with E-state index in [4.69, 9.17) is 0 Å². The van der Waals surface area contributed by atoms with Crippen molar-refractivity contribution >= 4 is 0 Å². The Labute approximate surface area is 93.4 Å². The van der Waals surface area contributed by atoms with Crippen molar-refractivity contribution in [2.24, 2.45) is 0 Å². The van der Waals surface area contributed by atoms with Gasteiger partial charge >= 0.3 is 0 Å². The molecule has 0 aromatic carbocycles. The lowest BCUT2D eigenvalue weighted by Crippen LogP contribution is -2.10. The van der Waals surface area contributed by atoms with Crippen LogP contribution in [0, 0.1) is 6.92 Å². The summed E-state index contributed by atoms with van der Waals surface area (Å²) in [7, 11) is 0. The number of H-pyrrole nitrogens is 1. The van der Waals surface area contributed by atoms with E-state index >= 15 is 0 Å². The van der Waals surface area contributed by atoms with E-state index in [1.807, 2.05) is 19.9 Å². The second-order valence-electron chi connectivity index (χ2n) is 3.68. The third kappa shape index (κ3) is 2.16. The van der Waals surface area contributed by atoms with Crippen LogP contribution in [0.3, 0.4) is 0 Å². The molecule has 2 rings (SSSR count). The number of hydrogen-bond donors (Lipinski definition) is 1. The first kappa shape index (κ1) is 10.5. The summed E-state index contributed by atoms with van der Waals surface area (Å²) >= 11 is 0. The van der Waals surface area contributed by atoms with E-state index in [9.17, 15) is 4.79 Å². The SMILES string of the molecule is CCc1nc(-c2cncc(C)c2)cc(=O)[nH]1. The van der Waals surface area contributed by atoms with Gasteiger partial charge in [-0.1, -0.05) is 6.92 Å². The van der Waals surface area contributed by atoms with Crippen molar-refractivity contribution < 1.29 is 0 Å². The number of nitrogens with zero attached hydrogens (tertiary/aromatic N) is 2. The molecule has 2 aromatic heterocycles. The number of aromatic nitrogens is 3. The van der Waals surface area contributed by atoms with E-state index in [0.29, 0.717) is 17.9 Å². The zero-order valence-electron chi connectivity index (χ0n) is 9.32. The lowest BCUT2D eigenvalue weighted by Gasteiger charge is -2.03. The molecule has 0 amide bonds. The molecule has 0 atom stereocenters. The Bertz CT molecular complexity index is 560. The van der Waals surface area contributed by atoms with Crippen molar-refractivity contribution in [3.63, 3.8) is 0 Å². The fraction of sp³-hybridized carbons (Fsp3) is 0.250. The minimum Gasteiger partial charge on any atom is -0.311 e. The van der Waals surface area contributed by atoms with Crippen LogP contribution in [0.4, 0.5) is 0 Å². The van der Waals surface area contributed by atoms with Crippen LogP contribution in [0.2, 0.25) is 0 Å². The number of pyridine rings is 1. The molecule has 2 aromatic rings. The molecule has 0 unspecified atom stereocenters. The van der Waals surface area contributed by atoms with Gasteiger partial charge in [-0.05, 0) is 18.6 Å². The van der Waals surface area contributed by atoms with Crippen LogP contribution < -0.4 is 5.56 Å². The zero-order valence-corrected chi connectivity index (χ0v) is 9.32. The zero-order chi connectivity index (χ0) is 11.5. The van der Waals surface area contributed by atoms with Gasteiger partial charge in [0.05, 0.1) is 5.69 Å². The molecule has 1 N–H and O–H groups in total. The maximum absolute atomic E-state index is 11.4. The molecule has 0 aliphatic carbocycles. The summed E-state index contributed by atoms with van der Waals surface area (Å²) in [6.45, 7) is 3.92. The molecular weight excluding hydrogens is 202 g/mol. The topological polar surface area (TPSA) is 58.6 Å². The Morgan fingerprint density at radius 3 is 2.81 bits per heavy atom. The van der Waals surface area contributed by atoms with Crippen LogP contribution in [0.1, 0.15) is 18.3 Å². The monoisotopic (exact) mass is 215 g/mol. The number of nitrogens with one attached hydrogen (secondary N) is 1. The highest BCUT2D eigenvalue weighted by Crippen LogP contribution is 2.15. The van der Waals surface area contributed by atoms with E-state index in [2.05, 4.69) is 15.0 Å². The third-order valence-electron chi connectivity index (χ3n) is 2.30. The summed E-state index contributed by atoms with van der Waals surface area (Å²) in [5.41, 5.74) is 2.48. The first-order valence-electron chi connectivity index (χ1n) is 5.21. The van der Waals surface area contributed by atoms with Crippen molar-refractivity contribution in [3.05, 3.63) is 46.3 Å². The van der Waals surface area contributed by atoms with Gasteiger partial charge in [-0.25, -0.2) is 4.98 Å². The molecule has 0 spiro atoms. The molecule has 0 fully saturated rings. The summed E-state index contributed by atoms with van der Waals surface area (Å²) in [6, 6.07) is 3.46. The van der Waals surface area contributed by atoms with Crippen LogP contribution in [0.5, 0.6) is 0 Å². The molecule has 0 saturated carbocycles. The molecular formula is C12H13N3O. The Balaban J connectivity index is 2.55. The Kier molecular flexibility index (Phi) is 2.81. The van der Waals surface area contributed by atoms with Crippen LogP contribution in [-0.4, -0.2) is 15.0 Å². The minimum atomic E-state index is -0.122. The van der Waals surface area contributed by atoms with Gasteiger partial charge in [-0.15, -0.1) is 0 Å². The average molecular weight is 215 g/mol. The van der Waals surface area contributed by atoms with Gasteiger partial charge in [-0.2, -0.15) is 0 Å². The van der Waals surface area contributed by atoms with Gasteiger partial charge in [0.2, 0.25) is 0 Å². The summed E-state index contributed by atoms with van der Waals surface area (Å²) in [6.07, 6.45) is 4.20. The van der Waals surface area contributed by atoms with Gasteiger partial charge in [0.25, 0.3) is 5.56 Å². The van der Waals surface area contributed by atoms with Gasteiger partial charge in [-0.3, -0.25) is 9.78 Å². The molecule has 82 valence electrons. The maximum atomic E-state index is 11.4. The van der Waals surface area contributed by atoms with Gasteiger partial charge in [0.15, 0.2) is 0 Å². The molecule has 0 bridgehead atoms. The smallest absolute Gasteiger partial charge is 0.251 e. The minimum absolute atomic E-state index is 0.122. The standard InChI is InChI=1S/C12H13N3O/c1-3-11-14-10(5-12(16)15-11)9-4-8(2)6-13-7-9/h4-7H,3H2,1-2H3,(H,14,15,16). The fourth-order valence-electron chi connectivity index (χ4n) is 1.52. The highest BCUT2D eigenvalue weighted by molar-refractivity contribution is 5.57. The molecule has 16 heavy (non-hydrogen) atoms. The molecule has 0 aliphatic heterocycles. The number of hydrogen-bond acceptors (Lipinski definition) is 3. The number of rotatable bonds is 2. The van der Waals surface area contributed by atoms with E-state index in [1.54, 1.807) is 12.4 Å². The Morgan fingerprint density at radius 1 is 1.31 bits per heavy atom. The normalized spacial score (nSPS) is 10.4. The largest absolute Gasteiger partial charge is 0.311 e. The maximum Gasteiger partial charge on any atom is 0.251 e. The highest BCUT2D eigenvalue weighted by atomic mass is 16.1. The second kappa shape index (κ2) is 4.26. The summed E-state index contributed by atoms with van der Waals surface area (Å²) in [5, 5.41) is 0. The van der Waals surface area contributed by atoms with E-state index in [0.717, 1.165) is 11.1 Å². The predicted octanol–water partition coefficient (Wildman–Crippen LogP) is 1.70. The highest BCUT2D eigenvalue weighted by Gasteiger charge is 2.03. The first-order valence-corrected chi connectivity index (χ1v) is 5.21. The van der Waals surface area contributed by atoms with Crippen molar-refractivity contribution in [1.82, 2.24) is 15.0 Å². The summed E-state index contributed by atoms with van der Waals surface area (Å²) < 4.78 is 0. The van der Waals surface area contributed by atoms with Crippen molar-refractivity contribution in [3.8, 4) is 11.3 Å². The van der Waals surface area contributed by atoms with Crippen molar-refractivity contribution in [1.29, 1.82) is 0 Å². The van der Waals surface area contributed by atoms with E-state index in [1.165, 1.54) is 6.07 Å². The predicted molar refractivity (Wildman–Crippen MR) is 62.2 cm³/mol. The van der Waals surface area contributed by atoms with Crippen LogP contribution >= 0.6 is 0 Å². The van der Waals surface area contributed by atoms with Gasteiger partial charge in [0.1, 0.15) is 5.82 Å². The fourth-order valence-corrected chi connectivity index (χ4v) is 1.52. The molecule has 0 aliphatic rings. The second-order valence-corrected chi connectivity index (χ2v) is 3.68. The summed E-state index contributed by atoms with van der Waals surface area (Å²) in [4.78, 5) is 22.6. The Morgan fingerprint density at radius 2 is 2.12 bits per heavy atom. The van der Waals surface area contributed by atoms with E-state index in [-0.39, 0.29) is 5.56 Å². The quantitative estimate of drug-likeness (QED) is 0.829. The van der Waals surface area contributed by atoms with Crippen LogP contribution in [-0.2, 0) is 6.42 Å². The number of aromatic amines is 1. The third-order valence-corrected chi connectivity index (χ3v) is 2.30. The molecule has 4 heteroatoms. The van der Waals surface area contributed by atoms with Crippen LogP contribution in [0.15, 0.2) is 29.3 Å². The molecule has 0 saturated heterocycles. The lowest BCUT2D eigenvalue weighted by molar-refractivity contribution is 0.923. The van der Waals surface area contributed by atoms with E-state index < -0.39 is 0 Å². The van der Waals surface area contributed by atoms with Crippen molar-refractivity contribution in [2.45, 2.75) is 20.3 Å². The van der Waals surface area contributed by atoms with Crippen LogP contribution in [0.25, 0.3) is 11.3 Å². The van der Waals surface area contributed by atoms with Gasteiger partial charge in [0, 0.05) is 30.4 Å². The lowest BCUT2D eigenvalue weighted by atomic mass is 10.1.